The Labute approximate surface area is 211 Å². The van der Waals surface area contributed by atoms with Gasteiger partial charge in [-0.05, 0) is 43.5 Å². The highest BCUT2D eigenvalue weighted by Gasteiger charge is 2.22. The van der Waals surface area contributed by atoms with Crippen LogP contribution >= 0.6 is 0 Å². The van der Waals surface area contributed by atoms with E-state index in [0.29, 0.717) is 0 Å². The highest BCUT2D eigenvalue weighted by Crippen LogP contribution is 2.25. The van der Waals surface area contributed by atoms with Gasteiger partial charge in [-0.3, -0.25) is 0 Å². The van der Waals surface area contributed by atoms with Crippen LogP contribution in [0.4, 0.5) is 0 Å². The topological polar surface area (TPSA) is 3.24 Å². The van der Waals surface area contributed by atoms with Crippen LogP contribution in [0.3, 0.4) is 0 Å². The molecule has 2 rings (SSSR count). The molecule has 0 saturated heterocycles. The van der Waals surface area contributed by atoms with Gasteiger partial charge in [-0.25, -0.2) is 0 Å². The van der Waals surface area contributed by atoms with E-state index >= 15 is 0 Å². The minimum Gasteiger partial charge on any atom is -0.349 e. The van der Waals surface area contributed by atoms with Gasteiger partial charge >= 0.3 is 0 Å². The van der Waals surface area contributed by atoms with Crippen LogP contribution in [0.15, 0.2) is 73.1 Å². The number of unbranched alkanes of at least 4 members (excludes halogenated alkanes) is 11. The summed E-state index contributed by atoms with van der Waals surface area (Å²) in [5, 5.41) is 0. The zero-order valence-electron chi connectivity index (χ0n) is 22.2. The van der Waals surface area contributed by atoms with Crippen molar-refractivity contribution in [3.05, 3.63) is 84.2 Å². The van der Waals surface area contributed by atoms with Crippen molar-refractivity contribution >= 4 is 12.2 Å². The van der Waals surface area contributed by atoms with Gasteiger partial charge in [0.15, 0.2) is 0 Å². The third kappa shape index (κ3) is 12.3. The molecule has 0 aromatic heterocycles. The molecule has 0 atom stereocenters. The first-order chi connectivity index (χ1) is 16.6. The Hall–Kier alpha value is -2.28. The van der Waals surface area contributed by atoms with Gasteiger partial charge in [0.05, 0.1) is 0 Å². The van der Waals surface area contributed by atoms with E-state index in [4.69, 9.17) is 0 Å². The molecule has 0 unspecified atom stereocenters. The lowest BCUT2D eigenvalue weighted by molar-refractivity contribution is 0.231. The fourth-order valence-electron chi connectivity index (χ4n) is 4.44. The Balaban J connectivity index is 1.77. The molecular formula is C33H49N. The van der Waals surface area contributed by atoms with Crippen LogP contribution in [0.1, 0.15) is 115 Å². The molecule has 0 saturated carbocycles. The quantitative estimate of drug-likeness (QED) is 0.200. The molecule has 0 aliphatic heterocycles. The van der Waals surface area contributed by atoms with E-state index < -0.39 is 0 Å². The number of rotatable bonds is 18. The first kappa shape index (κ1) is 28.0. The van der Waals surface area contributed by atoms with Gasteiger partial charge in [0.1, 0.15) is 0 Å². The normalized spacial score (nSPS) is 12.1. The molecule has 186 valence electrons. The van der Waals surface area contributed by atoms with E-state index in [1.807, 2.05) is 0 Å². The summed E-state index contributed by atoms with van der Waals surface area (Å²) in [5.41, 5.74) is 2.55. The van der Waals surface area contributed by atoms with Crippen LogP contribution in [0, 0.1) is 0 Å². The smallest absolute Gasteiger partial charge is 0.0383 e. The number of nitrogens with zero attached hydrogens (tertiary/aromatic N) is 1. The molecule has 34 heavy (non-hydrogen) atoms. The molecule has 0 fully saturated rings. The fourth-order valence-corrected chi connectivity index (χ4v) is 4.44. The standard InChI is InChI=1S/C33H49N/c1-4-5-6-7-8-9-10-11-12-13-14-21-28-33(2,3)34(29-26-31-22-17-15-18-23-31)30-27-32-24-19-16-20-25-32/h15-20,22-27,29-30H,4-14,21,28H2,1-3H3/b29-26+,30-27+. The summed E-state index contributed by atoms with van der Waals surface area (Å²) in [4.78, 5) is 2.39. The molecule has 0 bridgehead atoms. The third-order valence-electron chi connectivity index (χ3n) is 6.80. The highest BCUT2D eigenvalue weighted by molar-refractivity contribution is 5.51. The van der Waals surface area contributed by atoms with Crippen molar-refractivity contribution in [1.82, 2.24) is 4.90 Å². The molecule has 0 heterocycles. The molecule has 1 heteroatoms. The first-order valence-corrected chi connectivity index (χ1v) is 13.9. The predicted molar refractivity (Wildman–Crippen MR) is 153 cm³/mol. The lowest BCUT2D eigenvalue weighted by Gasteiger charge is -2.36. The molecular weight excluding hydrogens is 410 g/mol. The van der Waals surface area contributed by atoms with Crippen molar-refractivity contribution in [2.75, 3.05) is 0 Å². The maximum Gasteiger partial charge on any atom is 0.0383 e. The van der Waals surface area contributed by atoms with Gasteiger partial charge in [0, 0.05) is 17.9 Å². The second-order valence-corrected chi connectivity index (χ2v) is 10.3. The van der Waals surface area contributed by atoms with Crippen molar-refractivity contribution in [3.8, 4) is 0 Å². The Morgan fingerprint density at radius 1 is 0.559 bits per heavy atom. The van der Waals surface area contributed by atoms with E-state index in [1.165, 1.54) is 94.6 Å². The van der Waals surface area contributed by atoms with Gasteiger partial charge in [-0.2, -0.15) is 0 Å². The Morgan fingerprint density at radius 3 is 1.35 bits per heavy atom. The average molecular weight is 460 g/mol. The summed E-state index contributed by atoms with van der Waals surface area (Å²) in [7, 11) is 0. The summed E-state index contributed by atoms with van der Waals surface area (Å²) >= 11 is 0. The van der Waals surface area contributed by atoms with Crippen LogP contribution in [0.25, 0.3) is 12.2 Å². The maximum atomic E-state index is 2.39. The molecule has 0 spiro atoms. The minimum absolute atomic E-state index is 0.0784. The zero-order chi connectivity index (χ0) is 24.3. The van der Waals surface area contributed by atoms with E-state index in [-0.39, 0.29) is 5.54 Å². The SMILES string of the molecule is CCCCCCCCCCCCCCC(C)(C)N(/C=C/c1ccccc1)/C=C/c1ccccc1. The average Bonchev–Trinajstić information content (AvgIpc) is 2.85. The summed E-state index contributed by atoms with van der Waals surface area (Å²) in [6.07, 6.45) is 26.9. The van der Waals surface area contributed by atoms with E-state index in [1.54, 1.807) is 0 Å². The summed E-state index contributed by atoms with van der Waals surface area (Å²) in [6, 6.07) is 21.2. The van der Waals surface area contributed by atoms with Crippen molar-refractivity contribution in [1.29, 1.82) is 0 Å². The van der Waals surface area contributed by atoms with Gasteiger partial charge in [-0.15, -0.1) is 0 Å². The number of benzene rings is 2. The Bertz CT molecular complexity index is 738. The third-order valence-corrected chi connectivity index (χ3v) is 6.80. The first-order valence-electron chi connectivity index (χ1n) is 13.9. The number of hydrogen-bond acceptors (Lipinski definition) is 1. The van der Waals surface area contributed by atoms with Crippen molar-refractivity contribution in [2.45, 2.75) is 110 Å². The van der Waals surface area contributed by atoms with Crippen LogP contribution in [-0.2, 0) is 0 Å². The van der Waals surface area contributed by atoms with Crippen molar-refractivity contribution < 1.29 is 0 Å². The summed E-state index contributed by atoms with van der Waals surface area (Å²) in [6.45, 7) is 7.04. The second kappa shape index (κ2) is 17.2. The van der Waals surface area contributed by atoms with Crippen molar-refractivity contribution in [2.24, 2.45) is 0 Å². The monoisotopic (exact) mass is 459 g/mol. The Morgan fingerprint density at radius 2 is 0.941 bits per heavy atom. The highest BCUT2D eigenvalue weighted by atomic mass is 15.2. The van der Waals surface area contributed by atoms with E-state index in [2.05, 4.69) is 111 Å². The van der Waals surface area contributed by atoms with E-state index in [9.17, 15) is 0 Å². The predicted octanol–water partition coefficient (Wildman–Crippen LogP) is 10.5. The molecule has 2 aromatic carbocycles. The van der Waals surface area contributed by atoms with Gasteiger partial charge in [0.25, 0.3) is 0 Å². The molecule has 0 amide bonds. The van der Waals surface area contributed by atoms with Crippen molar-refractivity contribution in [3.63, 3.8) is 0 Å². The van der Waals surface area contributed by atoms with Gasteiger partial charge < -0.3 is 4.90 Å². The van der Waals surface area contributed by atoms with Crippen LogP contribution in [0.5, 0.6) is 0 Å². The zero-order valence-corrected chi connectivity index (χ0v) is 22.2. The largest absolute Gasteiger partial charge is 0.349 e. The molecule has 0 N–H and O–H groups in total. The molecule has 0 aliphatic carbocycles. The molecule has 1 nitrogen and oxygen atoms in total. The van der Waals surface area contributed by atoms with E-state index in [0.717, 1.165) is 0 Å². The lowest BCUT2D eigenvalue weighted by Crippen LogP contribution is -2.36. The van der Waals surface area contributed by atoms with Crippen LogP contribution in [-0.4, -0.2) is 10.4 Å². The summed E-state index contributed by atoms with van der Waals surface area (Å²) in [5.74, 6) is 0. The van der Waals surface area contributed by atoms with Crippen LogP contribution < -0.4 is 0 Å². The molecule has 0 radical (unpaired) electrons. The lowest BCUT2D eigenvalue weighted by atomic mass is 9.94. The maximum absolute atomic E-state index is 2.39. The Kier molecular flexibility index (Phi) is 14.1. The van der Waals surface area contributed by atoms with Gasteiger partial charge in [-0.1, -0.05) is 145 Å². The molecule has 0 aliphatic rings. The van der Waals surface area contributed by atoms with Gasteiger partial charge in [0.2, 0.25) is 0 Å². The molecule has 2 aromatic rings. The minimum atomic E-state index is 0.0784. The number of hydrogen-bond donors (Lipinski definition) is 0. The fraction of sp³-hybridized carbons (Fsp3) is 0.515. The second-order valence-electron chi connectivity index (χ2n) is 10.3. The summed E-state index contributed by atoms with van der Waals surface area (Å²) < 4.78 is 0. The van der Waals surface area contributed by atoms with Crippen LogP contribution in [0.2, 0.25) is 0 Å².